The summed E-state index contributed by atoms with van der Waals surface area (Å²) in [7, 11) is 0. The third kappa shape index (κ3) is 6.30. The molecule has 0 amide bonds. The maximum atomic E-state index is 4.48. The molecule has 1 heterocycles. The second-order valence-corrected chi connectivity index (χ2v) is 5.55. The van der Waals surface area contributed by atoms with Gasteiger partial charge >= 0.3 is 0 Å². The molecule has 0 saturated carbocycles. The van der Waals surface area contributed by atoms with Crippen LogP contribution in [0.15, 0.2) is 28.9 Å². The van der Waals surface area contributed by atoms with Crippen LogP contribution in [0.25, 0.3) is 0 Å². The highest BCUT2D eigenvalue weighted by Gasteiger charge is 2.26. The predicted octanol–water partition coefficient (Wildman–Crippen LogP) is 4.30. The van der Waals surface area contributed by atoms with Gasteiger partial charge in [-0.15, -0.1) is 0 Å². The lowest BCUT2D eigenvalue weighted by Gasteiger charge is -2.15. The third-order valence-corrected chi connectivity index (χ3v) is 2.37. The zero-order valence-electron chi connectivity index (χ0n) is 12.4. The summed E-state index contributed by atoms with van der Waals surface area (Å²) in [6, 6.07) is 0. The molecule has 0 saturated heterocycles. The molecule has 0 aromatic heterocycles. The number of allylic oxidation sites excluding steroid dienone is 2. The van der Waals surface area contributed by atoms with Crippen LogP contribution in [-0.4, -0.2) is 12.4 Å². The molecule has 2 heteroatoms. The Labute approximate surface area is 107 Å². The monoisotopic (exact) mass is 236 g/mol. The number of hydrogen-bond acceptors (Lipinski definition) is 2. The van der Waals surface area contributed by atoms with E-state index in [-0.39, 0.29) is 0 Å². The Balaban J connectivity index is 0.000000770. The first-order chi connectivity index (χ1) is 7.86. The van der Waals surface area contributed by atoms with E-state index < -0.39 is 0 Å². The van der Waals surface area contributed by atoms with E-state index in [1.54, 1.807) is 0 Å². The molecule has 0 spiro atoms. The van der Waals surface area contributed by atoms with Crippen molar-refractivity contribution in [3.63, 3.8) is 0 Å². The van der Waals surface area contributed by atoms with Gasteiger partial charge in [0.1, 0.15) is 5.84 Å². The summed E-state index contributed by atoms with van der Waals surface area (Å²) in [6.45, 7) is 17.6. The number of aliphatic imine (C=N–C) groups is 1. The Kier molecular flexibility index (Phi) is 6.86. The topological polar surface area (TPSA) is 24.4 Å². The van der Waals surface area contributed by atoms with Gasteiger partial charge in [0.25, 0.3) is 0 Å². The second kappa shape index (κ2) is 7.31. The first kappa shape index (κ1) is 16.0. The Bertz CT molecular complexity index is 305. The van der Waals surface area contributed by atoms with Crippen LogP contribution in [0.3, 0.4) is 0 Å². The van der Waals surface area contributed by atoms with E-state index in [4.69, 9.17) is 0 Å². The number of amidine groups is 1. The zero-order valence-corrected chi connectivity index (χ0v) is 12.4. The molecule has 0 aromatic rings. The van der Waals surface area contributed by atoms with Crippen LogP contribution in [0.5, 0.6) is 0 Å². The highest BCUT2D eigenvalue weighted by Crippen LogP contribution is 2.26. The standard InChI is InChI=1S/C12H20N2.C3H8/c1-6-10(9(2)3)14-11-7-12(4,5)8-13-11;1-3-2/h6H,1,7-8H2,2-5H3,(H,13,14);3H2,1-2H3. The molecule has 0 fully saturated rings. The maximum Gasteiger partial charge on any atom is 0.101 e. The Morgan fingerprint density at radius 2 is 1.94 bits per heavy atom. The first-order valence-corrected chi connectivity index (χ1v) is 6.46. The van der Waals surface area contributed by atoms with Gasteiger partial charge in [-0.25, -0.2) is 0 Å². The van der Waals surface area contributed by atoms with E-state index in [0.29, 0.717) is 5.41 Å². The highest BCUT2D eigenvalue weighted by molar-refractivity contribution is 5.86. The van der Waals surface area contributed by atoms with Gasteiger partial charge in [0.15, 0.2) is 0 Å². The van der Waals surface area contributed by atoms with E-state index in [9.17, 15) is 0 Å². The third-order valence-electron chi connectivity index (χ3n) is 2.37. The summed E-state index contributed by atoms with van der Waals surface area (Å²) in [4.78, 5) is 4.48. The van der Waals surface area contributed by atoms with Crippen molar-refractivity contribution in [3.05, 3.63) is 23.9 Å². The number of nitrogens with zero attached hydrogens (tertiary/aromatic N) is 1. The normalized spacial score (nSPS) is 16.5. The van der Waals surface area contributed by atoms with Gasteiger partial charge < -0.3 is 5.32 Å². The van der Waals surface area contributed by atoms with E-state index in [0.717, 1.165) is 24.5 Å². The molecule has 0 atom stereocenters. The second-order valence-electron chi connectivity index (χ2n) is 5.55. The van der Waals surface area contributed by atoms with Crippen molar-refractivity contribution in [2.45, 2.75) is 54.4 Å². The lowest BCUT2D eigenvalue weighted by molar-refractivity contribution is 0.422. The summed E-state index contributed by atoms with van der Waals surface area (Å²) in [6.07, 6.45) is 4.13. The van der Waals surface area contributed by atoms with Crippen LogP contribution >= 0.6 is 0 Å². The number of hydrogen-bond donors (Lipinski definition) is 1. The van der Waals surface area contributed by atoms with Gasteiger partial charge in [0.2, 0.25) is 0 Å². The van der Waals surface area contributed by atoms with Crippen molar-refractivity contribution in [2.75, 3.05) is 6.54 Å². The fourth-order valence-corrected chi connectivity index (χ4v) is 1.49. The molecule has 0 radical (unpaired) electrons. The SMILES string of the molecule is C=CC(NC1=NCC(C)(C)C1)=C(C)C.CCC. The molecule has 1 aliphatic heterocycles. The molecule has 0 aliphatic carbocycles. The fourth-order valence-electron chi connectivity index (χ4n) is 1.49. The lowest BCUT2D eigenvalue weighted by atomic mass is 9.92. The van der Waals surface area contributed by atoms with Crippen LogP contribution in [-0.2, 0) is 0 Å². The Morgan fingerprint density at radius 1 is 1.41 bits per heavy atom. The van der Waals surface area contributed by atoms with Gasteiger partial charge in [-0.3, -0.25) is 4.99 Å². The molecule has 17 heavy (non-hydrogen) atoms. The van der Waals surface area contributed by atoms with Gasteiger partial charge in [0, 0.05) is 18.7 Å². The minimum atomic E-state index is 0.316. The zero-order chi connectivity index (χ0) is 13.5. The van der Waals surface area contributed by atoms with E-state index in [1.807, 2.05) is 6.08 Å². The van der Waals surface area contributed by atoms with E-state index in [2.05, 4.69) is 58.4 Å². The fraction of sp³-hybridized carbons (Fsp3) is 0.667. The van der Waals surface area contributed by atoms with Crippen molar-refractivity contribution in [3.8, 4) is 0 Å². The van der Waals surface area contributed by atoms with Crippen molar-refractivity contribution >= 4 is 5.84 Å². The van der Waals surface area contributed by atoms with Crippen molar-refractivity contribution < 1.29 is 0 Å². The predicted molar refractivity (Wildman–Crippen MR) is 78.4 cm³/mol. The van der Waals surface area contributed by atoms with Gasteiger partial charge in [-0.05, 0) is 25.3 Å². The molecule has 1 N–H and O–H groups in total. The summed E-state index contributed by atoms with van der Waals surface area (Å²) in [5, 5.41) is 3.33. The average molecular weight is 236 g/mol. The van der Waals surface area contributed by atoms with Gasteiger partial charge in [-0.2, -0.15) is 0 Å². The minimum Gasteiger partial charge on any atom is -0.344 e. The van der Waals surface area contributed by atoms with Crippen LogP contribution in [0.1, 0.15) is 54.4 Å². The molecule has 2 nitrogen and oxygen atoms in total. The quantitative estimate of drug-likeness (QED) is 0.710. The summed E-state index contributed by atoms with van der Waals surface area (Å²) < 4.78 is 0. The summed E-state index contributed by atoms with van der Waals surface area (Å²) >= 11 is 0. The molecular formula is C15H28N2. The average Bonchev–Trinajstić information content (AvgIpc) is 2.55. The van der Waals surface area contributed by atoms with Crippen LogP contribution in [0, 0.1) is 5.41 Å². The molecule has 0 aromatic carbocycles. The molecule has 1 aliphatic rings. The van der Waals surface area contributed by atoms with Gasteiger partial charge in [-0.1, -0.05) is 46.3 Å². The maximum absolute atomic E-state index is 4.48. The van der Waals surface area contributed by atoms with E-state index in [1.165, 1.54) is 12.0 Å². The van der Waals surface area contributed by atoms with Crippen molar-refractivity contribution in [1.29, 1.82) is 0 Å². The van der Waals surface area contributed by atoms with Crippen molar-refractivity contribution in [1.82, 2.24) is 5.32 Å². The van der Waals surface area contributed by atoms with Crippen LogP contribution in [0.2, 0.25) is 0 Å². The molecular weight excluding hydrogens is 208 g/mol. The van der Waals surface area contributed by atoms with Crippen LogP contribution < -0.4 is 5.32 Å². The largest absolute Gasteiger partial charge is 0.344 e. The summed E-state index contributed by atoms with van der Waals surface area (Å²) in [5.41, 5.74) is 2.64. The van der Waals surface area contributed by atoms with Gasteiger partial charge in [0.05, 0.1) is 0 Å². The van der Waals surface area contributed by atoms with E-state index >= 15 is 0 Å². The number of nitrogens with one attached hydrogen (secondary N) is 1. The Morgan fingerprint density at radius 3 is 2.24 bits per heavy atom. The van der Waals surface area contributed by atoms with Crippen molar-refractivity contribution in [2.24, 2.45) is 10.4 Å². The summed E-state index contributed by atoms with van der Waals surface area (Å²) in [5.74, 6) is 1.09. The van der Waals surface area contributed by atoms with Crippen LogP contribution in [0.4, 0.5) is 0 Å². The lowest BCUT2D eigenvalue weighted by Crippen LogP contribution is -2.23. The first-order valence-electron chi connectivity index (χ1n) is 6.46. The molecule has 1 rings (SSSR count). The molecule has 0 bridgehead atoms. The minimum absolute atomic E-state index is 0.316. The number of rotatable bonds is 2. The highest BCUT2D eigenvalue weighted by atomic mass is 15.0. The Hall–Kier alpha value is -1.05. The smallest absolute Gasteiger partial charge is 0.101 e. The molecule has 0 unspecified atom stereocenters. The molecule has 98 valence electrons.